The van der Waals surface area contributed by atoms with Crippen LogP contribution in [0.25, 0.3) is 0 Å². The molecule has 5 nitrogen and oxygen atoms in total. The first-order valence-electron chi connectivity index (χ1n) is 5.53. The molecule has 0 spiro atoms. The van der Waals surface area contributed by atoms with Crippen molar-refractivity contribution in [3.8, 4) is 0 Å². The van der Waals surface area contributed by atoms with Crippen LogP contribution in [0.2, 0.25) is 0 Å². The number of nitrogens with zero attached hydrogens (tertiary/aromatic N) is 3. The third-order valence-electron chi connectivity index (χ3n) is 2.66. The van der Waals surface area contributed by atoms with E-state index in [1.54, 1.807) is 6.20 Å². The SMILES string of the molecule is CCN(CCC(=O)O)CCc1nccn1C. The van der Waals surface area contributed by atoms with Gasteiger partial charge in [-0.3, -0.25) is 4.79 Å². The number of imidazole rings is 1. The van der Waals surface area contributed by atoms with E-state index >= 15 is 0 Å². The molecular formula is C11H19N3O2. The highest BCUT2D eigenvalue weighted by Gasteiger charge is 2.07. The summed E-state index contributed by atoms with van der Waals surface area (Å²) < 4.78 is 1.99. The molecular weight excluding hydrogens is 206 g/mol. The van der Waals surface area contributed by atoms with E-state index < -0.39 is 5.97 Å². The summed E-state index contributed by atoms with van der Waals surface area (Å²) in [5.41, 5.74) is 0. The largest absolute Gasteiger partial charge is 0.481 e. The Morgan fingerprint density at radius 3 is 2.81 bits per heavy atom. The van der Waals surface area contributed by atoms with Crippen molar-refractivity contribution in [3.63, 3.8) is 0 Å². The van der Waals surface area contributed by atoms with E-state index in [0.29, 0.717) is 6.54 Å². The second kappa shape index (κ2) is 6.27. The van der Waals surface area contributed by atoms with Gasteiger partial charge in [0.15, 0.2) is 0 Å². The van der Waals surface area contributed by atoms with E-state index in [-0.39, 0.29) is 6.42 Å². The van der Waals surface area contributed by atoms with E-state index in [0.717, 1.165) is 25.3 Å². The Morgan fingerprint density at radius 1 is 1.56 bits per heavy atom. The van der Waals surface area contributed by atoms with Gasteiger partial charge in [0.2, 0.25) is 0 Å². The lowest BCUT2D eigenvalue weighted by atomic mass is 10.3. The number of aliphatic carboxylic acids is 1. The third-order valence-corrected chi connectivity index (χ3v) is 2.66. The molecule has 0 saturated heterocycles. The average Bonchev–Trinajstić information content (AvgIpc) is 2.64. The molecule has 0 aliphatic rings. The molecule has 0 unspecified atom stereocenters. The Bertz CT molecular complexity index is 336. The molecule has 90 valence electrons. The maximum Gasteiger partial charge on any atom is 0.304 e. The van der Waals surface area contributed by atoms with Gasteiger partial charge in [-0.05, 0) is 6.54 Å². The van der Waals surface area contributed by atoms with E-state index in [9.17, 15) is 4.79 Å². The number of aryl methyl sites for hydroxylation is 1. The number of rotatable bonds is 7. The molecule has 16 heavy (non-hydrogen) atoms. The fraction of sp³-hybridized carbons (Fsp3) is 0.636. The highest BCUT2D eigenvalue weighted by atomic mass is 16.4. The average molecular weight is 225 g/mol. The zero-order valence-corrected chi connectivity index (χ0v) is 9.89. The molecule has 1 aromatic rings. The smallest absolute Gasteiger partial charge is 0.304 e. The predicted molar refractivity (Wildman–Crippen MR) is 61.3 cm³/mol. The number of carbonyl (C=O) groups is 1. The summed E-state index contributed by atoms with van der Waals surface area (Å²) in [7, 11) is 1.97. The first kappa shape index (κ1) is 12.7. The first-order chi connectivity index (χ1) is 7.63. The Labute approximate surface area is 95.7 Å². The molecule has 0 saturated carbocycles. The number of aromatic nitrogens is 2. The second-order valence-electron chi connectivity index (χ2n) is 3.78. The fourth-order valence-electron chi connectivity index (χ4n) is 1.58. The minimum atomic E-state index is -0.740. The lowest BCUT2D eigenvalue weighted by Gasteiger charge is -2.18. The number of carboxylic acids is 1. The van der Waals surface area contributed by atoms with Crippen LogP contribution >= 0.6 is 0 Å². The van der Waals surface area contributed by atoms with Crippen LogP contribution in [0.3, 0.4) is 0 Å². The molecule has 1 N–H and O–H groups in total. The molecule has 0 amide bonds. The van der Waals surface area contributed by atoms with Crippen LogP contribution in [-0.2, 0) is 18.3 Å². The van der Waals surface area contributed by atoms with Crippen molar-refractivity contribution in [2.45, 2.75) is 19.8 Å². The zero-order chi connectivity index (χ0) is 12.0. The minimum Gasteiger partial charge on any atom is -0.481 e. The summed E-state index contributed by atoms with van der Waals surface area (Å²) in [6.45, 7) is 4.38. The van der Waals surface area contributed by atoms with Crippen molar-refractivity contribution in [3.05, 3.63) is 18.2 Å². The maximum atomic E-state index is 10.5. The van der Waals surface area contributed by atoms with Crippen molar-refractivity contribution in [2.24, 2.45) is 7.05 Å². The van der Waals surface area contributed by atoms with Gasteiger partial charge in [0, 0.05) is 39.0 Å². The summed E-state index contributed by atoms with van der Waals surface area (Å²) in [6.07, 6.45) is 4.76. The van der Waals surface area contributed by atoms with E-state index in [1.165, 1.54) is 0 Å². The Hall–Kier alpha value is -1.36. The molecule has 0 aliphatic heterocycles. The van der Waals surface area contributed by atoms with E-state index in [2.05, 4.69) is 9.88 Å². The maximum absolute atomic E-state index is 10.5. The summed E-state index contributed by atoms with van der Waals surface area (Å²) in [5, 5.41) is 8.61. The Kier molecular flexibility index (Phi) is 4.98. The lowest BCUT2D eigenvalue weighted by molar-refractivity contribution is -0.137. The molecule has 0 radical (unpaired) electrons. The summed E-state index contributed by atoms with van der Waals surface area (Å²) in [5.74, 6) is 0.296. The normalized spacial score (nSPS) is 10.9. The Morgan fingerprint density at radius 2 is 2.31 bits per heavy atom. The molecule has 0 fully saturated rings. The van der Waals surface area contributed by atoms with Gasteiger partial charge in [-0.25, -0.2) is 4.98 Å². The van der Waals surface area contributed by atoms with Gasteiger partial charge in [0.05, 0.1) is 6.42 Å². The highest BCUT2D eigenvalue weighted by molar-refractivity contribution is 5.66. The molecule has 0 aliphatic carbocycles. The molecule has 1 rings (SSSR count). The molecule has 5 heteroatoms. The molecule has 0 atom stereocenters. The fourth-order valence-corrected chi connectivity index (χ4v) is 1.58. The van der Waals surface area contributed by atoms with Crippen molar-refractivity contribution in [2.75, 3.05) is 19.6 Å². The van der Waals surface area contributed by atoms with Crippen molar-refractivity contribution in [1.29, 1.82) is 0 Å². The zero-order valence-electron chi connectivity index (χ0n) is 9.89. The van der Waals surface area contributed by atoms with E-state index in [1.807, 2.05) is 24.7 Å². The number of hydrogen-bond donors (Lipinski definition) is 1. The predicted octanol–water partition coefficient (Wildman–Crippen LogP) is 0.759. The summed E-state index contributed by atoms with van der Waals surface area (Å²) in [4.78, 5) is 16.8. The second-order valence-corrected chi connectivity index (χ2v) is 3.78. The summed E-state index contributed by atoms with van der Waals surface area (Å²) >= 11 is 0. The van der Waals surface area contributed by atoms with Crippen molar-refractivity contribution in [1.82, 2.24) is 14.5 Å². The number of hydrogen-bond acceptors (Lipinski definition) is 3. The first-order valence-corrected chi connectivity index (χ1v) is 5.53. The monoisotopic (exact) mass is 225 g/mol. The quantitative estimate of drug-likeness (QED) is 0.744. The minimum absolute atomic E-state index is 0.203. The van der Waals surface area contributed by atoms with Crippen LogP contribution in [0, 0.1) is 0 Å². The lowest BCUT2D eigenvalue weighted by Crippen LogP contribution is -2.28. The van der Waals surface area contributed by atoms with Gasteiger partial charge < -0.3 is 14.6 Å². The molecule has 1 aromatic heterocycles. The van der Waals surface area contributed by atoms with Gasteiger partial charge in [-0.15, -0.1) is 0 Å². The van der Waals surface area contributed by atoms with E-state index in [4.69, 9.17) is 5.11 Å². The van der Waals surface area contributed by atoms with Crippen molar-refractivity contribution >= 4 is 5.97 Å². The molecule has 0 bridgehead atoms. The van der Waals surface area contributed by atoms with Gasteiger partial charge in [-0.1, -0.05) is 6.92 Å². The van der Waals surface area contributed by atoms with Crippen LogP contribution in [0.1, 0.15) is 19.2 Å². The van der Waals surface area contributed by atoms with Crippen LogP contribution in [0.4, 0.5) is 0 Å². The van der Waals surface area contributed by atoms with Gasteiger partial charge in [-0.2, -0.15) is 0 Å². The molecule has 1 heterocycles. The van der Waals surface area contributed by atoms with Crippen LogP contribution < -0.4 is 0 Å². The highest BCUT2D eigenvalue weighted by Crippen LogP contribution is 1.99. The topological polar surface area (TPSA) is 58.4 Å². The number of likely N-dealkylation sites (N-methyl/N-ethyl adjacent to an activating group) is 1. The standard InChI is InChI=1S/C11H19N3O2/c1-3-14(8-5-11(15)16)7-4-10-12-6-9-13(10)2/h6,9H,3-5,7-8H2,1-2H3,(H,15,16). The van der Waals surface area contributed by atoms with Crippen LogP contribution in [0.15, 0.2) is 12.4 Å². The summed E-state index contributed by atoms with van der Waals surface area (Å²) in [6, 6.07) is 0. The van der Waals surface area contributed by atoms with Crippen molar-refractivity contribution < 1.29 is 9.90 Å². The van der Waals surface area contributed by atoms with Gasteiger partial charge >= 0.3 is 5.97 Å². The van der Waals surface area contributed by atoms with Crippen LogP contribution in [0.5, 0.6) is 0 Å². The van der Waals surface area contributed by atoms with Gasteiger partial charge in [0.1, 0.15) is 5.82 Å². The third kappa shape index (κ3) is 4.02. The van der Waals surface area contributed by atoms with Gasteiger partial charge in [0.25, 0.3) is 0 Å². The molecule has 0 aromatic carbocycles. The number of carboxylic acid groups (broad SMARTS) is 1. The van der Waals surface area contributed by atoms with Crippen LogP contribution in [-0.4, -0.2) is 45.2 Å². The Balaban J connectivity index is 2.34.